The summed E-state index contributed by atoms with van der Waals surface area (Å²) in [5.41, 5.74) is 2.90. The molecule has 0 spiro atoms. The summed E-state index contributed by atoms with van der Waals surface area (Å²) in [4.78, 5) is 24.2. The first-order chi connectivity index (χ1) is 15.3. The minimum absolute atomic E-state index is 0.0407. The minimum atomic E-state index is -3.83. The quantitative estimate of drug-likeness (QED) is 0.486. The van der Waals surface area contributed by atoms with Crippen LogP contribution < -0.4 is 10.0 Å². The van der Waals surface area contributed by atoms with E-state index >= 15 is 0 Å². The fourth-order valence-electron chi connectivity index (χ4n) is 2.82. The first-order valence-corrected chi connectivity index (χ1v) is 11.4. The van der Waals surface area contributed by atoms with Crippen LogP contribution in [-0.2, 0) is 32.6 Å². The Labute approximate surface area is 187 Å². The predicted molar refractivity (Wildman–Crippen MR) is 120 cm³/mol. The van der Waals surface area contributed by atoms with Crippen molar-refractivity contribution in [3.05, 3.63) is 101 Å². The third-order valence-electron chi connectivity index (χ3n) is 4.63. The van der Waals surface area contributed by atoms with Gasteiger partial charge in [0.05, 0.1) is 10.5 Å². The van der Waals surface area contributed by atoms with Crippen LogP contribution in [0.3, 0.4) is 0 Å². The van der Waals surface area contributed by atoms with E-state index in [1.165, 1.54) is 24.3 Å². The lowest BCUT2D eigenvalue weighted by atomic mass is 10.1. The second-order valence-electron chi connectivity index (χ2n) is 7.18. The van der Waals surface area contributed by atoms with Crippen molar-refractivity contribution in [1.29, 1.82) is 0 Å². The molecule has 32 heavy (non-hydrogen) atoms. The molecule has 1 amide bonds. The number of benzene rings is 3. The lowest BCUT2D eigenvalue weighted by molar-refractivity contribution is -0.124. The van der Waals surface area contributed by atoms with Gasteiger partial charge in [0.25, 0.3) is 5.91 Å². The molecule has 0 saturated carbocycles. The van der Waals surface area contributed by atoms with Crippen molar-refractivity contribution < 1.29 is 22.7 Å². The van der Waals surface area contributed by atoms with Crippen molar-refractivity contribution >= 4 is 21.9 Å². The summed E-state index contributed by atoms with van der Waals surface area (Å²) < 4.78 is 32.6. The highest BCUT2D eigenvalue weighted by Gasteiger charge is 2.17. The topological polar surface area (TPSA) is 102 Å². The summed E-state index contributed by atoms with van der Waals surface area (Å²) in [6.07, 6.45) is 0. The molecule has 0 aliphatic heterocycles. The van der Waals surface area contributed by atoms with Crippen LogP contribution in [0.2, 0.25) is 0 Å². The molecule has 0 radical (unpaired) electrons. The number of hydrogen-bond acceptors (Lipinski definition) is 5. The number of carbonyl (C=O) groups is 2. The molecule has 0 heterocycles. The number of aryl methyl sites for hydroxylation is 1. The van der Waals surface area contributed by atoms with Crippen LogP contribution >= 0.6 is 0 Å². The highest BCUT2D eigenvalue weighted by molar-refractivity contribution is 7.89. The van der Waals surface area contributed by atoms with Gasteiger partial charge >= 0.3 is 5.97 Å². The van der Waals surface area contributed by atoms with Gasteiger partial charge in [-0.15, -0.1) is 0 Å². The summed E-state index contributed by atoms with van der Waals surface area (Å²) in [6, 6.07) is 22.3. The van der Waals surface area contributed by atoms with Gasteiger partial charge < -0.3 is 10.1 Å². The lowest BCUT2D eigenvalue weighted by Gasteiger charge is -2.09. The molecule has 0 atom stereocenters. The molecule has 166 valence electrons. The summed E-state index contributed by atoms with van der Waals surface area (Å²) in [5.74, 6) is -1.23. The molecule has 0 aliphatic carbocycles. The highest BCUT2D eigenvalue weighted by atomic mass is 32.2. The van der Waals surface area contributed by atoms with Gasteiger partial charge in [0.2, 0.25) is 10.0 Å². The number of carbonyl (C=O) groups excluding carboxylic acids is 2. The fraction of sp³-hybridized carbons (Fsp3) is 0.167. The molecule has 8 heteroatoms. The van der Waals surface area contributed by atoms with Gasteiger partial charge in [0, 0.05) is 13.1 Å². The molecule has 0 saturated heterocycles. The van der Waals surface area contributed by atoms with Gasteiger partial charge in [-0.05, 0) is 36.2 Å². The van der Waals surface area contributed by atoms with Crippen molar-refractivity contribution in [3.63, 3.8) is 0 Å². The highest BCUT2D eigenvalue weighted by Crippen LogP contribution is 2.13. The zero-order valence-electron chi connectivity index (χ0n) is 17.6. The van der Waals surface area contributed by atoms with E-state index < -0.39 is 28.5 Å². The molecule has 0 bridgehead atoms. The number of amides is 1. The van der Waals surface area contributed by atoms with Crippen molar-refractivity contribution in [2.24, 2.45) is 0 Å². The molecule has 0 fully saturated rings. The zero-order chi connectivity index (χ0) is 23.0. The van der Waals surface area contributed by atoms with Crippen LogP contribution in [0.4, 0.5) is 0 Å². The van der Waals surface area contributed by atoms with Gasteiger partial charge in [-0.25, -0.2) is 17.9 Å². The van der Waals surface area contributed by atoms with Gasteiger partial charge in [-0.1, -0.05) is 66.2 Å². The normalized spacial score (nSPS) is 11.0. The summed E-state index contributed by atoms with van der Waals surface area (Å²) in [6.45, 7) is 1.95. The average Bonchev–Trinajstić information content (AvgIpc) is 2.81. The van der Waals surface area contributed by atoms with E-state index in [1.807, 2.05) is 49.4 Å². The molecular weight excluding hydrogens is 428 g/mol. The maximum absolute atomic E-state index is 12.6. The number of hydrogen-bond donors (Lipinski definition) is 2. The zero-order valence-corrected chi connectivity index (χ0v) is 18.4. The first kappa shape index (κ1) is 23.2. The molecule has 3 aromatic rings. The Kier molecular flexibility index (Phi) is 7.75. The Bertz CT molecular complexity index is 1180. The lowest BCUT2D eigenvalue weighted by Crippen LogP contribution is -2.28. The van der Waals surface area contributed by atoms with Crippen LogP contribution in [0.1, 0.15) is 27.0 Å². The number of ether oxygens (including phenoxy) is 1. The van der Waals surface area contributed by atoms with E-state index in [9.17, 15) is 18.0 Å². The average molecular weight is 453 g/mol. The number of rotatable bonds is 9. The summed E-state index contributed by atoms with van der Waals surface area (Å²) >= 11 is 0. The summed E-state index contributed by atoms with van der Waals surface area (Å²) in [7, 11) is -3.83. The smallest absolute Gasteiger partial charge is 0.338 e. The van der Waals surface area contributed by atoms with E-state index in [4.69, 9.17) is 4.74 Å². The third kappa shape index (κ3) is 6.76. The molecule has 7 nitrogen and oxygen atoms in total. The van der Waals surface area contributed by atoms with Crippen LogP contribution in [0.5, 0.6) is 0 Å². The monoisotopic (exact) mass is 452 g/mol. The Balaban J connectivity index is 1.53. The second-order valence-corrected chi connectivity index (χ2v) is 8.94. The molecular formula is C24H24N2O5S. The van der Waals surface area contributed by atoms with Crippen molar-refractivity contribution in [1.82, 2.24) is 10.0 Å². The number of esters is 1. The van der Waals surface area contributed by atoms with E-state index in [0.29, 0.717) is 6.54 Å². The molecule has 2 N–H and O–H groups in total. The van der Waals surface area contributed by atoms with Gasteiger partial charge in [-0.3, -0.25) is 4.79 Å². The van der Waals surface area contributed by atoms with E-state index in [1.54, 1.807) is 12.1 Å². The maximum Gasteiger partial charge on any atom is 0.338 e. The van der Waals surface area contributed by atoms with Crippen molar-refractivity contribution in [3.8, 4) is 0 Å². The Morgan fingerprint density at radius 2 is 1.53 bits per heavy atom. The van der Waals surface area contributed by atoms with Crippen LogP contribution in [0, 0.1) is 6.92 Å². The van der Waals surface area contributed by atoms with E-state index in [-0.39, 0.29) is 17.0 Å². The second kappa shape index (κ2) is 10.7. The van der Waals surface area contributed by atoms with Crippen molar-refractivity contribution in [2.75, 3.05) is 6.61 Å². The van der Waals surface area contributed by atoms with Gasteiger partial charge in [-0.2, -0.15) is 0 Å². The summed E-state index contributed by atoms with van der Waals surface area (Å²) in [5, 5.41) is 2.67. The Hall–Kier alpha value is -3.49. The van der Waals surface area contributed by atoms with E-state index in [2.05, 4.69) is 10.0 Å². The molecule has 0 aliphatic rings. The molecule has 3 aromatic carbocycles. The van der Waals surface area contributed by atoms with Gasteiger partial charge in [0.15, 0.2) is 6.61 Å². The Morgan fingerprint density at radius 3 is 2.25 bits per heavy atom. The molecule has 0 aromatic heterocycles. The molecule has 3 rings (SSSR count). The largest absolute Gasteiger partial charge is 0.452 e. The van der Waals surface area contributed by atoms with Crippen LogP contribution in [-0.4, -0.2) is 26.9 Å². The Morgan fingerprint density at radius 1 is 0.844 bits per heavy atom. The predicted octanol–water partition coefficient (Wildman–Crippen LogP) is 2.95. The maximum atomic E-state index is 12.6. The SMILES string of the molecule is Cc1ccc(CNC(=O)COC(=O)c2cccc(S(=O)(=O)NCc3ccccc3)c2)cc1. The third-order valence-corrected chi connectivity index (χ3v) is 6.03. The minimum Gasteiger partial charge on any atom is -0.452 e. The van der Waals surface area contributed by atoms with Gasteiger partial charge in [0.1, 0.15) is 0 Å². The number of sulfonamides is 1. The van der Waals surface area contributed by atoms with Crippen LogP contribution in [0.25, 0.3) is 0 Å². The fourth-order valence-corrected chi connectivity index (χ4v) is 3.88. The van der Waals surface area contributed by atoms with Crippen LogP contribution in [0.15, 0.2) is 83.8 Å². The van der Waals surface area contributed by atoms with E-state index in [0.717, 1.165) is 16.7 Å². The first-order valence-electron chi connectivity index (χ1n) is 9.96. The standard InChI is InChI=1S/C24H24N2O5S/c1-18-10-12-20(13-11-18)15-25-23(27)17-31-24(28)21-8-5-9-22(14-21)32(29,30)26-16-19-6-3-2-4-7-19/h2-14,26H,15-17H2,1H3,(H,25,27). The molecule has 0 unspecified atom stereocenters. The number of nitrogens with one attached hydrogen (secondary N) is 2. The van der Waals surface area contributed by atoms with Crippen molar-refractivity contribution in [2.45, 2.75) is 24.9 Å².